The number of carbonyl (C=O) groups is 1. The number of rotatable bonds is 5. The molecular formula is C13H19N3O4. The lowest BCUT2D eigenvalue weighted by atomic mass is 9.85. The Kier molecular flexibility index (Phi) is 4.65. The van der Waals surface area contributed by atoms with Crippen molar-refractivity contribution in [2.45, 2.75) is 40.2 Å². The highest BCUT2D eigenvalue weighted by Crippen LogP contribution is 2.26. The smallest absolute Gasteiger partial charge is 0.305 e. The van der Waals surface area contributed by atoms with Crippen molar-refractivity contribution < 1.29 is 14.8 Å². The number of aromatic nitrogens is 1. The molecule has 0 bridgehead atoms. The van der Waals surface area contributed by atoms with Crippen molar-refractivity contribution >= 4 is 17.5 Å². The standard InChI is InChI=1S/C13H19N3O4/c1-8-5-11(14-7-9(8)16(19)20)15-10(6-12(17)18)13(2,3)4/h5,7,10H,6H2,1-4H3,(H,14,15)(H,17,18). The number of hydrogen-bond acceptors (Lipinski definition) is 5. The average molecular weight is 281 g/mol. The SMILES string of the molecule is Cc1cc(NC(CC(=O)O)C(C)(C)C)ncc1[N+](=O)[O-]. The molecule has 0 amide bonds. The first-order valence-corrected chi connectivity index (χ1v) is 6.20. The summed E-state index contributed by atoms with van der Waals surface area (Å²) in [6, 6.07) is 1.23. The highest BCUT2D eigenvalue weighted by Gasteiger charge is 2.27. The maximum absolute atomic E-state index is 10.9. The Morgan fingerprint density at radius 2 is 2.15 bits per heavy atom. The quantitative estimate of drug-likeness (QED) is 0.634. The fraction of sp³-hybridized carbons (Fsp3) is 0.538. The normalized spacial score (nSPS) is 12.8. The van der Waals surface area contributed by atoms with Crippen LogP contribution in [0, 0.1) is 22.5 Å². The van der Waals surface area contributed by atoms with Gasteiger partial charge in [-0.15, -0.1) is 0 Å². The Labute approximate surface area is 117 Å². The van der Waals surface area contributed by atoms with Crippen molar-refractivity contribution in [1.29, 1.82) is 0 Å². The Bertz CT molecular complexity index is 523. The molecule has 1 rings (SSSR count). The number of nitrogens with zero attached hydrogens (tertiary/aromatic N) is 2. The van der Waals surface area contributed by atoms with Gasteiger partial charge in [0.05, 0.1) is 11.3 Å². The Hall–Kier alpha value is -2.18. The van der Waals surface area contributed by atoms with Gasteiger partial charge in [-0.25, -0.2) is 4.98 Å². The second kappa shape index (κ2) is 5.85. The van der Waals surface area contributed by atoms with Crippen LogP contribution in [-0.2, 0) is 4.79 Å². The molecule has 1 atom stereocenters. The molecule has 0 saturated carbocycles. The highest BCUT2D eigenvalue weighted by atomic mass is 16.6. The number of carboxylic acid groups (broad SMARTS) is 1. The molecule has 1 aromatic rings. The molecule has 7 nitrogen and oxygen atoms in total. The molecular weight excluding hydrogens is 262 g/mol. The van der Waals surface area contributed by atoms with Crippen LogP contribution < -0.4 is 5.32 Å². The summed E-state index contributed by atoms with van der Waals surface area (Å²) >= 11 is 0. The average Bonchev–Trinajstić information content (AvgIpc) is 2.25. The Balaban J connectivity index is 2.97. The van der Waals surface area contributed by atoms with Crippen LogP contribution in [0.1, 0.15) is 32.8 Å². The lowest BCUT2D eigenvalue weighted by molar-refractivity contribution is -0.385. The lowest BCUT2D eigenvalue weighted by Crippen LogP contribution is -2.36. The van der Waals surface area contributed by atoms with Crippen LogP contribution in [0.2, 0.25) is 0 Å². The molecule has 7 heteroatoms. The summed E-state index contributed by atoms with van der Waals surface area (Å²) in [6.07, 6.45) is 1.12. The van der Waals surface area contributed by atoms with E-state index in [-0.39, 0.29) is 23.6 Å². The lowest BCUT2D eigenvalue weighted by Gasteiger charge is -2.30. The molecule has 0 saturated heterocycles. The van der Waals surface area contributed by atoms with E-state index in [1.165, 1.54) is 6.20 Å². The minimum Gasteiger partial charge on any atom is -0.481 e. The largest absolute Gasteiger partial charge is 0.481 e. The second-order valence-electron chi connectivity index (χ2n) is 5.77. The zero-order valence-corrected chi connectivity index (χ0v) is 12.0. The number of hydrogen-bond donors (Lipinski definition) is 2. The van der Waals surface area contributed by atoms with Gasteiger partial charge in [0.2, 0.25) is 0 Å². The van der Waals surface area contributed by atoms with E-state index >= 15 is 0 Å². The topological polar surface area (TPSA) is 105 Å². The van der Waals surface area contributed by atoms with Crippen LogP contribution in [0.25, 0.3) is 0 Å². The third kappa shape index (κ3) is 4.18. The molecule has 0 aliphatic carbocycles. The summed E-state index contributed by atoms with van der Waals surface area (Å²) in [6.45, 7) is 7.39. The maximum atomic E-state index is 10.9. The van der Waals surface area contributed by atoms with E-state index in [0.29, 0.717) is 11.4 Å². The van der Waals surface area contributed by atoms with E-state index < -0.39 is 10.9 Å². The van der Waals surface area contributed by atoms with Crippen LogP contribution in [0.3, 0.4) is 0 Å². The van der Waals surface area contributed by atoms with Crippen LogP contribution in [0.5, 0.6) is 0 Å². The molecule has 1 unspecified atom stereocenters. The molecule has 0 fully saturated rings. The fourth-order valence-electron chi connectivity index (χ4n) is 1.75. The minimum atomic E-state index is -0.906. The molecule has 1 heterocycles. The van der Waals surface area contributed by atoms with Gasteiger partial charge in [-0.1, -0.05) is 20.8 Å². The highest BCUT2D eigenvalue weighted by molar-refractivity contribution is 5.68. The Morgan fingerprint density at radius 1 is 1.55 bits per heavy atom. The number of nitrogens with one attached hydrogen (secondary N) is 1. The summed E-state index contributed by atoms with van der Waals surface area (Å²) in [5.74, 6) is -0.467. The van der Waals surface area contributed by atoms with Crippen molar-refractivity contribution in [1.82, 2.24) is 4.98 Å². The van der Waals surface area contributed by atoms with Crippen LogP contribution in [0.15, 0.2) is 12.3 Å². The summed E-state index contributed by atoms with van der Waals surface area (Å²) in [5, 5.41) is 22.7. The number of pyridine rings is 1. The van der Waals surface area contributed by atoms with Crippen molar-refractivity contribution in [2.24, 2.45) is 5.41 Å². The molecule has 1 aromatic heterocycles. The summed E-state index contributed by atoms with van der Waals surface area (Å²) < 4.78 is 0. The zero-order valence-electron chi connectivity index (χ0n) is 12.0. The van der Waals surface area contributed by atoms with Crippen molar-refractivity contribution in [2.75, 3.05) is 5.32 Å². The summed E-state index contributed by atoms with van der Waals surface area (Å²) in [7, 11) is 0. The molecule has 0 radical (unpaired) electrons. The summed E-state index contributed by atoms with van der Waals surface area (Å²) in [4.78, 5) is 25.1. The van der Waals surface area contributed by atoms with E-state index in [1.54, 1.807) is 13.0 Å². The maximum Gasteiger partial charge on any atom is 0.305 e. The van der Waals surface area contributed by atoms with Crippen LogP contribution in [-0.4, -0.2) is 27.0 Å². The van der Waals surface area contributed by atoms with E-state index in [9.17, 15) is 14.9 Å². The molecule has 0 aliphatic rings. The fourth-order valence-corrected chi connectivity index (χ4v) is 1.75. The van der Waals surface area contributed by atoms with Crippen LogP contribution in [0.4, 0.5) is 11.5 Å². The van der Waals surface area contributed by atoms with Gasteiger partial charge in [0.25, 0.3) is 5.69 Å². The molecule has 20 heavy (non-hydrogen) atoms. The molecule has 110 valence electrons. The van der Waals surface area contributed by atoms with E-state index in [0.717, 1.165) is 0 Å². The molecule has 2 N–H and O–H groups in total. The van der Waals surface area contributed by atoms with Gasteiger partial charge < -0.3 is 10.4 Å². The monoisotopic (exact) mass is 281 g/mol. The second-order valence-corrected chi connectivity index (χ2v) is 5.77. The number of aliphatic carboxylic acids is 1. The van der Waals surface area contributed by atoms with E-state index in [2.05, 4.69) is 10.3 Å². The van der Waals surface area contributed by atoms with Gasteiger partial charge in [-0.2, -0.15) is 0 Å². The predicted octanol–water partition coefficient (Wildman–Crippen LogP) is 2.60. The number of nitro groups is 1. The van der Waals surface area contributed by atoms with E-state index in [4.69, 9.17) is 5.11 Å². The van der Waals surface area contributed by atoms with Gasteiger partial charge in [0.1, 0.15) is 12.0 Å². The molecule has 0 aliphatic heterocycles. The van der Waals surface area contributed by atoms with Gasteiger partial charge >= 0.3 is 5.97 Å². The first kappa shape index (κ1) is 15.9. The minimum absolute atomic E-state index is 0.0544. The zero-order chi connectivity index (χ0) is 15.5. The van der Waals surface area contributed by atoms with E-state index in [1.807, 2.05) is 20.8 Å². The van der Waals surface area contributed by atoms with Gasteiger partial charge in [-0.3, -0.25) is 14.9 Å². The molecule has 0 spiro atoms. The van der Waals surface area contributed by atoms with Gasteiger partial charge in [-0.05, 0) is 18.4 Å². The first-order chi connectivity index (χ1) is 9.11. The van der Waals surface area contributed by atoms with Gasteiger partial charge in [0, 0.05) is 11.6 Å². The third-order valence-electron chi connectivity index (χ3n) is 3.03. The Morgan fingerprint density at radius 3 is 2.55 bits per heavy atom. The van der Waals surface area contributed by atoms with Crippen molar-refractivity contribution in [3.8, 4) is 0 Å². The van der Waals surface area contributed by atoms with Crippen LogP contribution >= 0.6 is 0 Å². The third-order valence-corrected chi connectivity index (χ3v) is 3.03. The predicted molar refractivity (Wildman–Crippen MR) is 74.7 cm³/mol. The number of aryl methyl sites for hydroxylation is 1. The number of carboxylic acids is 1. The molecule has 0 aromatic carbocycles. The van der Waals surface area contributed by atoms with Gasteiger partial charge in [0.15, 0.2) is 0 Å². The first-order valence-electron chi connectivity index (χ1n) is 6.20. The van der Waals surface area contributed by atoms with Crippen molar-refractivity contribution in [3.63, 3.8) is 0 Å². The summed E-state index contributed by atoms with van der Waals surface area (Å²) in [5.41, 5.74) is 0.145. The van der Waals surface area contributed by atoms with Crippen molar-refractivity contribution in [3.05, 3.63) is 27.9 Å². The number of anilines is 1.